The largest absolute Gasteiger partial charge is 0.448 e. The lowest BCUT2D eigenvalue weighted by Crippen LogP contribution is -2.71. The van der Waals surface area contributed by atoms with Crippen LogP contribution < -0.4 is 10.6 Å². The number of aromatic nitrogens is 1. The smallest absolute Gasteiger partial charge is 0.356 e. The van der Waals surface area contributed by atoms with Gasteiger partial charge in [0.05, 0.1) is 0 Å². The number of oxime groups is 1. The van der Waals surface area contributed by atoms with Gasteiger partial charge in [0, 0.05) is 34.5 Å². The maximum absolute atomic E-state index is 14.6. The second-order valence-electron chi connectivity index (χ2n) is 15.3. The van der Waals surface area contributed by atoms with Gasteiger partial charge in [0.2, 0.25) is 0 Å². The van der Waals surface area contributed by atoms with Crippen molar-refractivity contribution >= 4 is 63.5 Å². The fourth-order valence-corrected chi connectivity index (χ4v) is 11.8. The van der Waals surface area contributed by atoms with Gasteiger partial charge in [-0.2, -0.15) is 0 Å². The fraction of sp³-hybridized carbons (Fsp3) is 0.220. The third-order valence-electron chi connectivity index (χ3n) is 11.4. The van der Waals surface area contributed by atoms with Crippen LogP contribution in [-0.4, -0.2) is 76.1 Å². The summed E-state index contributed by atoms with van der Waals surface area (Å²) in [5.74, 6) is -1.20. The lowest BCUT2D eigenvalue weighted by molar-refractivity contribution is -0.154. The van der Waals surface area contributed by atoms with Crippen LogP contribution in [0.3, 0.4) is 0 Å². The number of fused-ring (bicyclic) bond motifs is 1. The molecule has 2 N–H and O–H groups in total. The Morgan fingerprint density at radius 1 is 0.812 bits per heavy atom. The monoisotopic (exact) mass is 907 g/mol. The molecule has 64 heavy (non-hydrogen) atoms. The summed E-state index contributed by atoms with van der Waals surface area (Å²) >= 11 is 4.43. The van der Waals surface area contributed by atoms with Crippen molar-refractivity contribution in [1.29, 1.82) is 0 Å². The van der Waals surface area contributed by atoms with Crippen molar-refractivity contribution < 1.29 is 28.7 Å². The third kappa shape index (κ3) is 8.83. The predicted molar refractivity (Wildman–Crippen MR) is 253 cm³/mol. The summed E-state index contributed by atoms with van der Waals surface area (Å²) in [6.07, 6.45) is 0.949. The summed E-state index contributed by atoms with van der Waals surface area (Å²) in [6, 6.07) is 48.6. The number of esters is 1. The molecule has 3 aliphatic heterocycles. The van der Waals surface area contributed by atoms with Crippen LogP contribution in [0.25, 0.3) is 0 Å². The number of nitrogens with one attached hydrogen (secondary N) is 2. The molecule has 1 aromatic heterocycles. The number of β-lactam (4-membered cyclic amide) rings is 1. The minimum Gasteiger partial charge on any atom is -0.448 e. The van der Waals surface area contributed by atoms with E-state index in [-0.39, 0.29) is 22.4 Å². The number of carbonyl (C=O) groups is 3. The van der Waals surface area contributed by atoms with E-state index < -0.39 is 40.8 Å². The number of benzene rings is 5. The maximum Gasteiger partial charge on any atom is 0.356 e. The van der Waals surface area contributed by atoms with Crippen LogP contribution in [0.2, 0.25) is 0 Å². The molecular weight excluding hydrogens is 863 g/mol. The van der Waals surface area contributed by atoms with Crippen LogP contribution in [0.1, 0.15) is 52.5 Å². The minimum absolute atomic E-state index is 0.0944. The van der Waals surface area contributed by atoms with Crippen LogP contribution in [0.5, 0.6) is 0 Å². The fourth-order valence-electron chi connectivity index (χ4n) is 8.30. The Morgan fingerprint density at radius 3 is 1.88 bits per heavy atom. The Hall–Kier alpha value is -6.19. The van der Waals surface area contributed by atoms with Gasteiger partial charge in [-0.3, -0.25) is 14.5 Å². The van der Waals surface area contributed by atoms with E-state index in [4.69, 9.17) is 19.3 Å². The molecule has 2 atom stereocenters. The normalized spacial score (nSPS) is 17.9. The van der Waals surface area contributed by atoms with Gasteiger partial charge < -0.3 is 24.9 Å². The first-order valence-corrected chi connectivity index (χ1v) is 23.8. The van der Waals surface area contributed by atoms with Gasteiger partial charge in [0.25, 0.3) is 11.8 Å². The lowest BCUT2D eigenvalue weighted by Gasteiger charge is -2.49. The van der Waals surface area contributed by atoms with Crippen molar-refractivity contribution in [2.45, 2.75) is 41.2 Å². The second kappa shape index (κ2) is 19.7. The molecule has 6 aromatic rings. The molecule has 2 amide bonds. The number of amides is 2. The van der Waals surface area contributed by atoms with Gasteiger partial charge in [-0.25, -0.2) is 9.78 Å². The topological polar surface area (TPSA) is 131 Å². The standard InChI is InChI=1S/C50H45N5O6S3/c1-59-54-41(39-31-63-49(51-39)53-50(35-21-11-4-12-22-35,36-23-13-5-14-24-36)37-25-15-6-16-26-37)45(56)52-42-46(57)55-43(40(32-62-47(42)55)64-38-27-29-60-30-28-38)48(58)61-44(33-17-7-2-8-18-33)34-19-9-3-10-20-34/h2-26,31,38,42,44,47H,27-30,32H2,1H3,(H,51,53)(H,52,56)/b54-41-/t42?,47-/m0/s1. The highest BCUT2D eigenvalue weighted by atomic mass is 32.2. The molecule has 324 valence electrons. The number of hydrogen-bond acceptors (Lipinski definition) is 12. The molecule has 0 radical (unpaired) electrons. The highest BCUT2D eigenvalue weighted by Crippen LogP contribution is 2.47. The summed E-state index contributed by atoms with van der Waals surface area (Å²) in [6.45, 7) is 1.27. The predicted octanol–water partition coefficient (Wildman–Crippen LogP) is 8.75. The number of nitrogens with zero attached hydrogens (tertiary/aromatic N) is 3. The Bertz CT molecular complexity index is 2490. The number of thiazole rings is 1. The Kier molecular flexibility index (Phi) is 13.3. The van der Waals surface area contributed by atoms with Gasteiger partial charge in [0.1, 0.15) is 35.5 Å². The minimum atomic E-state index is -0.950. The van der Waals surface area contributed by atoms with Gasteiger partial charge >= 0.3 is 5.97 Å². The number of hydrogen-bond donors (Lipinski definition) is 2. The molecule has 9 rings (SSSR count). The van der Waals surface area contributed by atoms with Crippen LogP contribution >= 0.6 is 34.9 Å². The van der Waals surface area contributed by atoms with Gasteiger partial charge in [-0.15, -0.1) is 34.9 Å². The average molecular weight is 908 g/mol. The van der Waals surface area contributed by atoms with E-state index in [0.29, 0.717) is 24.1 Å². The summed E-state index contributed by atoms with van der Waals surface area (Å²) in [5.41, 5.74) is 4.13. The first-order valence-electron chi connectivity index (χ1n) is 21.0. The molecule has 4 heterocycles. The van der Waals surface area contributed by atoms with Gasteiger partial charge in [-0.05, 0) is 40.7 Å². The summed E-state index contributed by atoms with van der Waals surface area (Å²) in [4.78, 5) is 55.5. The van der Waals surface area contributed by atoms with E-state index in [1.165, 1.54) is 35.1 Å². The van der Waals surface area contributed by atoms with E-state index >= 15 is 0 Å². The molecule has 14 heteroatoms. The SMILES string of the molecule is CO/N=C(\C(=O)NC1C(=O)N2C(C(=O)OC(c3ccccc3)c3ccccc3)=C(SC3CCOCC3)CS[C@@H]12)c1csc(NC(c2ccccc2)(c2ccccc2)c2ccccc2)n1. The maximum atomic E-state index is 14.6. The summed E-state index contributed by atoms with van der Waals surface area (Å²) in [5, 5.41) is 12.7. The molecule has 1 unspecified atom stereocenters. The van der Waals surface area contributed by atoms with Crippen molar-refractivity contribution in [1.82, 2.24) is 15.2 Å². The number of ether oxygens (including phenoxy) is 2. The van der Waals surface area contributed by atoms with Crippen LogP contribution in [0, 0.1) is 0 Å². The van der Waals surface area contributed by atoms with Crippen LogP contribution in [0.4, 0.5) is 5.13 Å². The molecule has 2 fully saturated rings. The second-order valence-corrected chi connectivity index (χ2v) is 18.7. The van der Waals surface area contributed by atoms with Crippen LogP contribution in [-0.2, 0) is 34.2 Å². The zero-order chi connectivity index (χ0) is 43.9. The Balaban J connectivity index is 0.979. The average Bonchev–Trinajstić information content (AvgIpc) is 3.82. The number of rotatable bonds is 15. The summed E-state index contributed by atoms with van der Waals surface area (Å²) in [7, 11) is 1.36. The Labute approximate surface area is 384 Å². The lowest BCUT2D eigenvalue weighted by atomic mass is 9.77. The molecule has 0 aliphatic carbocycles. The van der Waals surface area contributed by atoms with E-state index in [0.717, 1.165) is 45.6 Å². The van der Waals surface area contributed by atoms with Crippen molar-refractivity contribution in [3.05, 3.63) is 201 Å². The zero-order valence-electron chi connectivity index (χ0n) is 34.9. The zero-order valence-corrected chi connectivity index (χ0v) is 37.3. The molecule has 5 aromatic carbocycles. The van der Waals surface area contributed by atoms with Gasteiger partial charge in [-0.1, -0.05) is 157 Å². The molecular formula is C50H45N5O6S3. The van der Waals surface area contributed by atoms with Crippen LogP contribution in [0.15, 0.2) is 173 Å². The quantitative estimate of drug-likeness (QED) is 0.0339. The molecule has 3 aliphatic rings. The third-order valence-corrected chi connectivity index (χ3v) is 15.0. The highest BCUT2D eigenvalue weighted by molar-refractivity contribution is 8.06. The molecule has 2 saturated heterocycles. The van der Waals surface area contributed by atoms with E-state index in [1.54, 1.807) is 17.1 Å². The van der Waals surface area contributed by atoms with Crippen molar-refractivity contribution in [2.75, 3.05) is 31.4 Å². The number of anilines is 1. The molecule has 0 saturated carbocycles. The van der Waals surface area contributed by atoms with Gasteiger partial charge in [0.15, 0.2) is 16.9 Å². The number of thioether (sulfide) groups is 2. The van der Waals surface area contributed by atoms with Crippen molar-refractivity contribution in [3.8, 4) is 0 Å². The first kappa shape index (κ1) is 43.1. The van der Waals surface area contributed by atoms with E-state index in [1.807, 2.05) is 115 Å². The van der Waals surface area contributed by atoms with E-state index in [2.05, 4.69) is 52.2 Å². The molecule has 0 bridgehead atoms. The molecule has 11 nitrogen and oxygen atoms in total. The van der Waals surface area contributed by atoms with Crippen molar-refractivity contribution in [2.24, 2.45) is 5.16 Å². The first-order chi connectivity index (χ1) is 31.4. The van der Waals surface area contributed by atoms with E-state index in [9.17, 15) is 14.4 Å². The Morgan fingerprint density at radius 2 is 1.34 bits per heavy atom. The van der Waals surface area contributed by atoms with Crippen molar-refractivity contribution in [3.63, 3.8) is 0 Å². The summed E-state index contributed by atoms with van der Waals surface area (Å²) < 4.78 is 12.0. The highest BCUT2D eigenvalue weighted by Gasteiger charge is 2.55. The number of carbonyl (C=O) groups excluding carboxylic acids is 3. The molecule has 0 spiro atoms.